The Labute approximate surface area is 182 Å². The molecule has 3 heterocycles. The monoisotopic (exact) mass is 430 g/mol. The number of nitrogens with zero attached hydrogens (tertiary/aromatic N) is 2. The van der Waals surface area contributed by atoms with Gasteiger partial charge in [-0.15, -0.1) is 11.3 Å². The highest BCUT2D eigenvalue weighted by molar-refractivity contribution is 7.12. The summed E-state index contributed by atoms with van der Waals surface area (Å²) in [6, 6.07) is 9.05. The highest BCUT2D eigenvalue weighted by Gasteiger charge is 2.29. The quantitative estimate of drug-likeness (QED) is 0.637. The van der Waals surface area contributed by atoms with Crippen molar-refractivity contribution >= 4 is 17.2 Å². The van der Waals surface area contributed by atoms with Crippen LogP contribution in [0.15, 0.2) is 35.7 Å². The first-order valence-electron chi connectivity index (χ1n) is 11.0. The third-order valence-corrected chi connectivity index (χ3v) is 7.33. The van der Waals surface area contributed by atoms with Gasteiger partial charge in [0.15, 0.2) is 0 Å². The van der Waals surface area contributed by atoms with Gasteiger partial charge in [0.2, 0.25) is 0 Å². The van der Waals surface area contributed by atoms with Crippen molar-refractivity contribution < 1.29 is 13.9 Å². The number of likely N-dealkylation sites (tertiary alicyclic amines) is 1. The highest BCUT2D eigenvalue weighted by atomic mass is 32.1. The Hall–Kier alpha value is -1.76. The molecule has 0 spiro atoms. The molecule has 1 amide bonds. The zero-order chi connectivity index (χ0) is 20.9. The Morgan fingerprint density at radius 3 is 2.67 bits per heavy atom. The molecule has 2 aliphatic rings. The van der Waals surface area contributed by atoms with E-state index < -0.39 is 0 Å². The van der Waals surface area contributed by atoms with E-state index in [1.54, 1.807) is 6.07 Å². The average molecular weight is 431 g/mol. The molecule has 0 bridgehead atoms. The van der Waals surface area contributed by atoms with Crippen LogP contribution in [0.25, 0.3) is 0 Å². The topological polar surface area (TPSA) is 32.8 Å². The summed E-state index contributed by atoms with van der Waals surface area (Å²) in [6.07, 6.45) is 4.35. The third kappa shape index (κ3) is 5.29. The fourth-order valence-corrected chi connectivity index (χ4v) is 5.41. The van der Waals surface area contributed by atoms with E-state index >= 15 is 0 Å². The molecule has 2 aromatic rings. The van der Waals surface area contributed by atoms with Crippen molar-refractivity contribution in [2.45, 2.75) is 45.3 Å². The first-order chi connectivity index (χ1) is 14.6. The normalized spacial score (nSPS) is 20.5. The number of halogens is 1. The molecule has 2 saturated heterocycles. The molecule has 4 rings (SSSR count). The van der Waals surface area contributed by atoms with Crippen molar-refractivity contribution in [2.75, 3.05) is 32.8 Å². The summed E-state index contributed by atoms with van der Waals surface area (Å²) >= 11 is 1.53. The van der Waals surface area contributed by atoms with Crippen molar-refractivity contribution in [3.63, 3.8) is 0 Å². The molecule has 30 heavy (non-hydrogen) atoms. The lowest BCUT2D eigenvalue weighted by Gasteiger charge is -2.35. The van der Waals surface area contributed by atoms with Crippen molar-refractivity contribution in [2.24, 2.45) is 5.92 Å². The first kappa shape index (κ1) is 21.5. The van der Waals surface area contributed by atoms with Gasteiger partial charge in [0.25, 0.3) is 5.91 Å². The number of hydrogen-bond acceptors (Lipinski definition) is 4. The van der Waals surface area contributed by atoms with Crippen LogP contribution in [0.2, 0.25) is 0 Å². The van der Waals surface area contributed by atoms with Crippen molar-refractivity contribution in [1.29, 1.82) is 0 Å². The van der Waals surface area contributed by atoms with Crippen molar-refractivity contribution in [3.8, 4) is 0 Å². The van der Waals surface area contributed by atoms with E-state index in [1.807, 2.05) is 35.4 Å². The highest BCUT2D eigenvalue weighted by Crippen LogP contribution is 2.25. The predicted molar refractivity (Wildman–Crippen MR) is 118 cm³/mol. The molecule has 1 aromatic carbocycles. The van der Waals surface area contributed by atoms with Crippen LogP contribution in [0.3, 0.4) is 0 Å². The second kappa shape index (κ2) is 10.0. The van der Waals surface area contributed by atoms with Gasteiger partial charge in [-0.25, -0.2) is 4.39 Å². The van der Waals surface area contributed by atoms with Gasteiger partial charge in [0, 0.05) is 31.8 Å². The molecule has 2 fully saturated rings. The second-order valence-corrected chi connectivity index (χ2v) is 9.50. The Balaban J connectivity index is 1.35. The summed E-state index contributed by atoms with van der Waals surface area (Å²) < 4.78 is 19.8. The summed E-state index contributed by atoms with van der Waals surface area (Å²) in [5, 5.41) is 1.99. The molecule has 0 saturated carbocycles. The molecule has 1 aromatic heterocycles. The van der Waals surface area contributed by atoms with E-state index in [-0.39, 0.29) is 17.8 Å². The fraction of sp³-hybridized carbons (Fsp3) is 0.542. The van der Waals surface area contributed by atoms with Crippen LogP contribution in [0, 0.1) is 18.7 Å². The minimum Gasteiger partial charge on any atom is -0.376 e. The van der Waals surface area contributed by atoms with E-state index in [2.05, 4.69) is 4.90 Å². The molecular formula is C24H31FN2O2S. The van der Waals surface area contributed by atoms with E-state index in [9.17, 15) is 9.18 Å². The van der Waals surface area contributed by atoms with Gasteiger partial charge in [-0.3, -0.25) is 9.69 Å². The maximum atomic E-state index is 14.0. The molecule has 2 aliphatic heterocycles. The molecule has 6 heteroatoms. The van der Waals surface area contributed by atoms with Crippen LogP contribution < -0.4 is 0 Å². The van der Waals surface area contributed by atoms with Crippen LogP contribution >= 0.6 is 11.3 Å². The summed E-state index contributed by atoms with van der Waals surface area (Å²) in [5.41, 5.74) is 1.82. The summed E-state index contributed by atoms with van der Waals surface area (Å²) in [5.74, 6) is 0.499. The van der Waals surface area contributed by atoms with Gasteiger partial charge in [-0.1, -0.05) is 18.2 Å². The van der Waals surface area contributed by atoms with Crippen LogP contribution in [-0.4, -0.2) is 54.6 Å². The Morgan fingerprint density at radius 1 is 1.20 bits per heavy atom. The zero-order valence-corrected chi connectivity index (χ0v) is 18.5. The molecule has 1 atom stereocenters. The number of aryl methyl sites for hydroxylation is 1. The number of ether oxygens (including phenoxy) is 1. The number of hydrogen-bond donors (Lipinski definition) is 0. The Bertz CT molecular complexity index is 841. The number of benzene rings is 1. The molecule has 0 radical (unpaired) electrons. The van der Waals surface area contributed by atoms with E-state index in [1.165, 1.54) is 17.4 Å². The summed E-state index contributed by atoms with van der Waals surface area (Å²) in [7, 11) is 0. The number of carbonyl (C=O) groups excluding carboxylic acids is 1. The van der Waals surface area contributed by atoms with Crippen LogP contribution in [0.1, 0.15) is 46.5 Å². The van der Waals surface area contributed by atoms with Gasteiger partial charge in [0.1, 0.15) is 5.82 Å². The molecular weight excluding hydrogens is 399 g/mol. The van der Waals surface area contributed by atoms with E-state index in [0.29, 0.717) is 19.0 Å². The number of rotatable bonds is 7. The van der Waals surface area contributed by atoms with Crippen molar-refractivity contribution in [1.82, 2.24) is 9.80 Å². The minimum atomic E-state index is -0.126. The zero-order valence-electron chi connectivity index (χ0n) is 17.7. The number of thiophene rings is 1. The third-order valence-electron chi connectivity index (χ3n) is 6.33. The van der Waals surface area contributed by atoms with Crippen molar-refractivity contribution in [3.05, 3.63) is 57.5 Å². The molecule has 0 unspecified atom stereocenters. The van der Waals surface area contributed by atoms with Crippen LogP contribution in [0.4, 0.5) is 4.39 Å². The van der Waals surface area contributed by atoms with Gasteiger partial charge < -0.3 is 9.64 Å². The minimum absolute atomic E-state index is 0.126. The lowest BCUT2D eigenvalue weighted by atomic mass is 9.95. The molecule has 162 valence electrons. The van der Waals surface area contributed by atoms with E-state index in [0.717, 1.165) is 67.9 Å². The van der Waals surface area contributed by atoms with Crippen LogP contribution in [-0.2, 0) is 11.3 Å². The first-order valence-corrected chi connectivity index (χ1v) is 11.9. The summed E-state index contributed by atoms with van der Waals surface area (Å²) in [6.45, 7) is 6.83. The smallest absolute Gasteiger partial charge is 0.264 e. The number of amides is 1. The molecule has 0 N–H and O–H groups in total. The lowest BCUT2D eigenvalue weighted by Crippen LogP contribution is -2.43. The average Bonchev–Trinajstić information content (AvgIpc) is 3.42. The van der Waals surface area contributed by atoms with Crippen LogP contribution in [0.5, 0.6) is 0 Å². The molecule has 0 aliphatic carbocycles. The SMILES string of the molecule is Cc1ccsc1C(=O)N(CC1CCN(Cc2ccccc2F)CC1)C[C@H]1CCCO1. The maximum Gasteiger partial charge on any atom is 0.264 e. The number of carbonyl (C=O) groups is 1. The lowest BCUT2D eigenvalue weighted by molar-refractivity contribution is 0.0447. The Morgan fingerprint density at radius 2 is 2.00 bits per heavy atom. The fourth-order valence-electron chi connectivity index (χ4n) is 4.52. The van der Waals surface area contributed by atoms with Gasteiger partial charge in [0.05, 0.1) is 11.0 Å². The van der Waals surface area contributed by atoms with Gasteiger partial charge >= 0.3 is 0 Å². The maximum absolute atomic E-state index is 14.0. The second-order valence-electron chi connectivity index (χ2n) is 8.59. The predicted octanol–water partition coefficient (Wildman–Crippen LogP) is 4.73. The molecule has 4 nitrogen and oxygen atoms in total. The number of piperidine rings is 1. The van der Waals surface area contributed by atoms with Gasteiger partial charge in [-0.2, -0.15) is 0 Å². The summed E-state index contributed by atoms with van der Waals surface area (Å²) in [4.78, 5) is 18.5. The van der Waals surface area contributed by atoms with Gasteiger partial charge in [-0.05, 0) is 74.7 Å². The standard InChI is InChI=1S/C24H31FN2O2S/c1-18-10-14-30-23(18)24(28)27(17-21-6-4-13-29-21)15-19-8-11-26(12-9-19)16-20-5-2-3-7-22(20)25/h2-3,5,7,10,14,19,21H,4,6,8-9,11-13,15-17H2,1H3/t21-/m1/s1. The Kier molecular flexibility index (Phi) is 7.18. The van der Waals surface area contributed by atoms with E-state index in [4.69, 9.17) is 4.74 Å². The largest absolute Gasteiger partial charge is 0.376 e.